The number of rotatable bonds is 5. The Morgan fingerprint density at radius 3 is 2.68 bits per heavy atom. The molecular weight excluding hydrogens is 236 g/mol. The highest BCUT2D eigenvalue weighted by molar-refractivity contribution is 5.31. The summed E-state index contributed by atoms with van der Waals surface area (Å²) in [4.78, 5) is 2.52. The molecule has 1 aromatic rings. The topological polar surface area (TPSA) is 38.5 Å². The largest absolute Gasteiger partial charge is 0.497 e. The Kier molecular flexibility index (Phi) is 5.23. The maximum Gasteiger partial charge on any atom is 0.119 e. The average molecular weight is 262 g/mol. The fourth-order valence-electron chi connectivity index (χ4n) is 3.14. The zero-order valence-corrected chi connectivity index (χ0v) is 12.1. The summed E-state index contributed by atoms with van der Waals surface area (Å²) in [6.07, 6.45) is 2.51. The van der Waals surface area contributed by atoms with E-state index in [2.05, 4.69) is 30.0 Å². The van der Waals surface area contributed by atoms with Crippen LogP contribution in [0.3, 0.4) is 0 Å². The van der Waals surface area contributed by atoms with Gasteiger partial charge in [0.05, 0.1) is 7.11 Å². The minimum atomic E-state index is 0.467. The quantitative estimate of drug-likeness (QED) is 0.886. The van der Waals surface area contributed by atoms with E-state index < -0.39 is 0 Å². The van der Waals surface area contributed by atoms with E-state index >= 15 is 0 Å². The first kappa shape index (κ1) is 14.4. The predicted octanol–water partition coefficient (Wildman–Crippen LogP) is 2.47. The van der Waals surface area contributed by atoms with Gasteiger partial charge >= 0.3 is 0 Å². The Bertz CT molecular complexity index is 386. The number of piperidine rings is 1. The van der Waals surface area contributed by atoms with E-state index in [1.165, 1.54) is 38.0 Å². The van der Waals surface area contributed by atoms with E-state index in [1.807, 2.05) is 6.07 Å². The van der Waals surface area contributed by atoms with Gasteiger partial charge in [-0.15, -0.1) is 0 Å². The molecule has 1 heterocycles. The van der Waals surface area contributed by atoms with Crippen LogP contribution in [0.4, 0.5) is 0 Å². The van der Waals surface area contributed by atoms with Crippen molar-refractivity contribution in [1.29, 1.82) is 0 Å². The number of hydrogen-bond donors (Lipinski definition) is 1. The summed E-state index contributed by atoms with van der Waals surface area (Å²) in [5, 5.41) is 0. The molecule has 0 bridgehead atoms. The van der Waals surface area contributed by atoms with Crippen LogP contribution in [0.2, 0.25) is 0 Å². The third kappa shape index (κ3) is 3.48. The van der Waals surface area contributed by atoms with Gasteiger partial charge < -0.3 is 15.4 Å². The monoisotopic (exact) mass is 262 g/mol. The lowest BCUT2D eigenvalue weighted by molar-refractivity contribution is 0.176. The van der Waals surface area contributed by atoms with Crippen LogP contribution in [-0.2, 0) is 0 Å². The third-order valence-electron chi connectivity index (χ3n) is 4.42. The first-order chi connectivity index (χ1) is 9.28. The lowest BCUT2D eigenvalue weighted by Crippen LogP contribution is -2.36. The summed E-state index contributed by atoms with van der Waals surface area (Å²) in [5.41, 5.74) is 7.37. The number of ether oxygens (including phenoxy) is 1. The second-order valence-electron chi connectivity index (χ2n) is 5.39. The fourth-order valence-corrected chi connectivity index (χ4v) is 3.14. The van der Waals surface area contributed by atoms with Gasteiger partial charge in [-0.2, -0.15) is 0 Å². The molecule has 2 N–H and O–H groups in total. The first-order valence-electron chi connectivity index (χ1n) is 7.34. The molecule has 1 atom stereocenters. The van der Waals surface area contributed by atoms with Crippen molar-refractivity contribution in [2.24, 2.45) is 11.7 Å². The maximum absolute atomic E-state index is 6.04. The second-order valence-corrected chi connectivity index (χ2v) is 5.39. The number of hydrogen-bond acceptors (Lipinski definition) is 3. The molecule has 1 fully saturated rings. The van der Waals surface area contributed by atoms with Gasteiger partial charge in [0.15, 0.2) is 0 Å². The van der Waals surface area contributed by atoms with Crippen LogP contribution in [0.15, 0.2) is 24.3 Å². The molecule has 3 nitrogen and oxygen atoms in total. The standard InChI is InChI=1S/C16H26N2O/c1-3-18-9-7-13(8-10-18)16(12-17)14-5-4-6-15(11-14)19-2/h4-6,11,13,16H,3,7-10,12,17H2,1-2H3. The molecule has 0 radical (unpaired) electrons. The summed E-state index contributed by atoms with van der Waals surface area (Å²) in [5.74, 6) is 2.11. The number of likely N-dealkylation sites (tertiary alicyclic amines) is 1. The van der Waals surface area contributed by atoms with E-state index in [9.17, 15) is 0 Å². The molecule has 1 aliphatic heterocycles. The average Bonchev–Trinajstić information content (AvgIpc) is 2.49. The number of nitrogens with two attached hydrogens (primary N) is 1. The molecule has 0 aromatic heterocycles. The zero-order valence-electron chi connectivity index (χ0n) is 12.1. The van der Waals surface area contributed by atoms with Gasteiger partial charge in [0.1, 0.15) is 5.75 Å². The molecule has 1 saturated heterocycles. The molecule has 3 heteroatoms. The summed E-state index contributed by atoms with van der Waals surface area (Å²) >= 11 is 0. The van der Waals surface area contributed by atoms with Crippen LogP contribution < -0.4 is 10.5 Å². The highest BCUT2D eigenvalue weighted by Crippen LogP contribution is 2.33. The molecule has 1 aliphatic rings. The van der Waals surface area contributed by atoms with Gasteiger partial charge in [-0.05, 0) is 68.6 Å². The molecule has 2 rings (SSSR count). The van der Waals surface area contributed by atoms with Gasteiger partial charge in [0.25, 0.3) is 0 Å². The van der Waals surface area contributed by atoms with Gasteiger partial charge in [-0.1, -0.05) is 19.1 Å². The van der Waals surface area contributed by atoms with Crippen LogP contribution in [0, 0.1) is 5.92 Å². The highest BCUT2D eigenvalue weighted by Gasteiger charge is 2.26. The van der Waals surface area contributed by atoms with E-state index in [4.69, 9.17) is 10.5 Å². The SMILES string of the molecule is CCN1CCC(C(CN)c2cccc(OC)c2)CC1. The highest BCUT2D eigenvalue weighted by atomic mass is 16.5. The van der Waals surface area contributed by atoms with Crippen molar-refractivity contribution >= 4 is 0 Å². The van der Waals surface area contributed by atoms with Gasteiger partial charge in [-0.3, -0.25) is 0 Å². The van der Waals surface area contributed by atoms with Crippen LogP contribution in [0.5, 0.6) is 5.75 Å². The molecular formula is C16H26N2O. The third-order valence-corrected chi connectivity index (χ3v) is 4.42. The van der Waals surface area contributed by atoms with Crippen LogP contribution in [0.25, 0.3) is 0 Å². The van der Waals surface area contributed by atoms with Gasteiger partial charge in [0.2, 0.25) is 0 Å². The lowest BCUT2D eigenvalue weighted by atomic mass is 9.80. The Morgan fingerprint density at radius 2 is 2.11 bits per heavy atom. The van der Waals surface area contributed by atoms with Crippen molar-refractivity contribution in [3.63, 3.8) is 0 Å². The van der Waals surface area contributed by atoms with E-state index in [1.54, 1.807) is 7.11 Å². The van der Waals surface area contributed by atoms with Crippen LogP contribution >= 0.6 is 0 Å². The Balaban J connectivity index is 2.07. The molecule has 1 unspecified atom stereocenters. The summed E-state index contributed by atoms with van der Waals surface area (Å²) in [6.45, 7) is 6.55. The number of benzene rings is 1. The first-order valence-corrected chi connectivity index (χ1v) is 7.34. The minimum absolute atomic E-state index is 0.467. The normalized spacial score (nSPS) is 19.3. The van der Waals surface area contributed by atoms with E-state index in [0.717, 1.165) is 12.3 Å². The summed E-state index contributed by atoms with van der Waals surface area (Å²) in [7, 11) is 1.72. The van der Waals surface area contributed by atoms with Gasteiger partial charge in [-0.25, -0.2) is 0 Å². The number of nitrogens with zero attached hydrogens (tertiary/aromatic N) is 1. The maximum atomic E-state index is 6.04. The molecule has 1 aromatic carbocycles. The van der Waals surface area contributed by atoms with Crippen molar-refractivity contribution in [2.75, 3.05) is 33.3 Å². The van der Waals surface area contributed by atoms with Crippen LogP contribution in [0.1, 0.15) is 31.2 Å². The molecule has 0 aliphatic carbocycles. The van der Waals surface area contributed by atoms with Gasteiger partial charge in [0, 0.05) is 0 Å². The lowest BCUT2D eigenvalue weighted by Gasteiger charge is -2.35. The molecule has 0 amide bonds. The van der Waals surface area contributed by atoms with Crippen molar-refractivity contribution in [3.05, 3.63) is 29.8 Å². The second kappa shape index (κ2) is 6.92. The minimum Gasteiger partial charge on any atom is -0.497 e. The molecule has 106 valence electrons. The summed E-state index contributed by atoms with van der Waals surface area (Å²) in [6, 6.07) is 8.39. The van der Waals surface area contributed by atoms with E-state index in [-0.39, 0.29) is 0 Å². The van der Waals surface area contributed by atoms with Crippen molar-refractivity contribution in [1.82, 2.24) is 4.90 Å². The van der Waals surface area contributed by atoms with Crippen molar-refractivity contribution in [3.8, 4) is 5.75 Å². The van der Waals surface area contributed by atoms with Crippen molar-refractivity contribution < 1.29 is 4.74 Å². The van der Waals surface area contributed by atoms with Crippen LogP contribution in [-0.4, -0.2) is 38.2 Å². The molecule has 0 spiro atoms. The van der Waals surface area contributed by atoms with Crippen molar-refractivity contribution in [2.45, 2.75) is 25.7 Å². The number of methoxy groups -OCH3 is 1. The Labute approximate surface area is 116 Å². The molecule has 0 saturated carbocycles. The Morgan fingerprint density at radius 1 is 1.37 bits per heavy atom. The fraction of sp³-hybridized carbons (Fsp3) is 0.625. The van der Waals surface area contributed by atoms with E-state index in [0.29, 0.717) is 11.8 Å². The smallest absolute Gasteiger partial charge is 0.119 e. The summed E-state index contributed by atoms with van der Waals surface area (Å²) < 4.78 is 5.32. The Hall–Kier alpha value is -1.06. The zero-order chi connectivity index (χ0) is 13.7. The predicted molar refractivity (Wildman–Crippen MR) is 79.6 cm³/mol. The molecule has 19 heavy (non-hydrogen) atoms.